The monoisotopic (exact) mass is 463 g/mol. The van der Waals surface area contributed by atoms with Crippen LogP contribution in [0.4, 0.5) is 0 Å². The molecule has 0 spiro atoms. The summed E-state index contributed by atoms with van der Waals surface area (Å²) in [6.07, 6.45) is 0. The van der Waals surface area contributed by atoms with Crippen molar-refractivity contribution in [2.45, 2.75) is 34.4 Å². The molecular weight excluding hydrogens is 448 g/mol. The molecule has 16 heteroatoms. The summed E-state index contributed by atoms with van der Waals surface area (Å²) in [5.74, 6) is -3.51. The van der Waals surface area contributed by atoms with Gasteiger partial charge in [0.1, 0.15) is 31.2 Å². The number of benzene rings is 1. The van der Waals surface area contributed by atoms with Gasteiger partial charge in [-0.25, -0.2) is 16.8 Å². The predicted molar refractivity (Wildman–Crippen MR) is 84.4 cm³/mol. The van der Waals surface area contributed by atoms with Gasteiger partial charge in [-0.2, -0.15) is 12.6 Å². The zero-order chi connectivity index (χ0) is 20.4. The summed E-state index contributed by atoms with van der Waals surface area (Å²) in [7, 11) is -10.3. The molecule has 1 rings (SSSR count). The van der Waals surface area contributed by atoms with Gasteiger partial charge in [-0.05, 0) is 19.9 Å². The molecule has 0 radical (unpaired) electrons. The normalized spacial score (nSPS) is 12.5. The number of aliphatic carboxylic acids is 1. The summed E-state index contributed by atoms with van der Waals surface area (Å²) in [6, 6.07) is -0.382. The van der Waals surface area contributed by atoms with Crippen LogP contribution in [0.1, 0.15) is 13.8 Å². The first-order chi connectivity index (χ1) is 10.9. The van der Waals surface area contributed by atoms with Crippen molar-refractivity contribution < 1.29 is 105 Å². The van der Waals surface area contributed by atoms with Crippen molar-refractivity contribution >= 4 is 38.8 Å². The number of aromatic hydroxyl groups is 2. The van der Waals surface area contributed by atoms with Gasteiger partial charge in [0.15, 0.2) is 11.5 Å². The maximum Gasteiger partial charge on any atom is 1.00 e. The zero-order valence-corrected chi connectivity index (χ0v) is 21.3. The second kappa shape index (κ2) is 11.6. The first-order valence-electron chi connectivity index (χ1n) is 6.07. The van der Waals surface area contributed by atoms with Crippen LogP contribution in [0.15, 0.2) is 21.9 Å². The molecule has 0 amide bonds. The number of rotatable bonds is 4. The summed E-state index contributed by atoms with van der Waals surface area (Å²) >= 11 is 3.98. The largest absolute Gasteiger partial charge is 1.00 e. The minimum atomic E-state index is -5.20. The molecule has 27 heavy (non-hydrogen) atoms. The second-order valence-corrected chi connectivity index (χ2v) is 9.05. The number of hydrogen-bond acceptors (Lipinski definition) is 11. The smallest absolute Gasteiger partial charge is 0.744 e. The summed E-state index contributed by atoms with van der Waals surface area (Å²) in [6.45, 7) is 3.32. The number of thiol groups is 1. The van der Waals surface area contributed by atoms with E-state index < -0.39 is 58.3 Å². The summed E-state index contributed by atoms with van der Waals surface area (Å²) in [5.41, 5.74) is 5.22. The molecule has 0 saturated carbocycles. The molecule has 1 atom stereocenters. The molecule has 0 fully saturated rings. The van der Waals surface area contributed by atoms with Crippen LogP contribution in [0.5, 0.6) is 11.5 Å². The first kappa shape index (κ1) is 32.1. The van der Waals surface area contributed by atoms with Crippen molar-refractivity contribution in [2.24, 2.45) is 5.73 Å². The fourth-order valence-electron chi connectivity index (χ4n) is 1.21. The van der Waals surface area contributed by atoms with E-state index in [2.05, 4.69) is 12.6 Å². The van der Waals surface area contributed by atoms with Gasteiger partial charge in [0.2, 0.25) is 0 Å². The zero-order valence-electron chi connectivity index (χ0n) is 14.8. The van der Waals surface area contributed by atoms with Crippen molar-refractivity contribution in [1.82, 2.24) is 0 Å². The van der Waals surface area contributed by atoms with E-state index in [0.29, 0.717) is 6.07 Å². The Balaban J connectivity index is -0.000000456. The van der Waals surface area contributed by atoms with Gasteiger partial charge in [0.05, 0.1) is 4.90 Å². The Hall–Kier alpha value is 0.420. The van der Waals surface area contributed by atoms with E-state index in [1.807, 2.05) is 0 Å². The molecule has 1 aromatic rings. The number of nitrogens with two attached hydrogens (primary N) is 1. The summed E-state index contributed by atoms with van der Waals surface area (Å²) < 4.78 is 62.6. The van der Waals surface area contributed by atoms with Gasteiger partial charge in [-0.15, -0.1) is 0 Å². The van der Waals surface area contributed by atoms with E-state index in [0.717, 1.165) is 0 Å². The van der Waals surface area contributed by atoms with Gasteiger partial charge >= 0.3 is 65.1 Å². The predicted octanol–water partition coefficient (Wildman–Crippen LogP) is -6.98. The molecule has 0 saturated heterocycles. The quantitative estimate of drug-likeness (QED) is 0.122. The van der Waals surface area contributed by atoms with Gasteiger partial charge in [-0.3, -0.25) is 4.79 Å². The standard InChI is InChI=1S/C6H6O8S2.C5H11NO2S.2Na/c7-4-1-3(15(9,10)11)2-5(6(4)8)16(12,13)14;1-5(2,9)3(6)4(7)8;;/h1-2,7-8H,(H,9,10,11)(H,12,13,14);3,9H,6H2,1-2H3,(H,7,8);;/q;;2*+1/p-2/t;3-;;/m.0../s1. The van der Waals surface area contributed by atoms with Crippen LogP contribution in [0, 0.1) is 0 Å². The van der Waals surface area contributed by atoms with Crippen LogP contribution in [-0.2, 0) is 25.0 Å². The minimum absolute atomic E-state index is 0. The molecule has 0 aliphatic carbocycles. The van der Waals surface area contributed by atoms with Crippen molar-refractivity contribution in [3.8, 4) is 11.5 Å². The average Bonchev–Trinajstić information content (AvgIpc) is 2.37. The number of hydrogen-bond donors (Lipinski definition) is 5. The number of carbonyl (C=O) groups is 1. The maximum atomic E-state index is 10.6. The van der Waals surface area contributed by atoms with E-state index in [4.69, 9.17) is 21.1 Å². The Labute approximate surface area is 205 Å². The number of phenols is 2. The molecule has 11 nitrogen and oxygen atoms in total. The van der Waals surface area contributed by atoms with E-state index in [9.17, 15) is 30.7 Å². The molecule has 0 unspecified atom stereocenters. The van der Waals surface area contributed by atoms with Gasteiger partial charge in [-0.1, -0.05) is 0 Å². The van der Waals surface area contributed by atoms with Gasteiger partial charge in [0.25, 0.3) is 0 Å². The van der Waals surface area contributed by atoms with Crippen LogP contribution >= 0.6 is 12.6 Å². The fourth-order valence-corrected chi connectivity index (χ4v) is 2.52. The Morgan fingerprint density at radius 3 is 1.74 bits per heavy atom. The number of phenolic OH excluding ortho intramolecular Hbond substituents is 2. The van der Waals surface area contributed by atoms with Gasteiger partial charge < -0.3 is 30.2 Å². The molecule has 144 valence electrons. The number of carboxylic acids is 1. The molecule has 0 heterocycles. The second-order valence-electron chi connectivity index (χ2n) is 5.17. The van der Waals surface area contributed by atoms with Gasteiger partial charge in [0, 0.05) is 10.8 Å². The Bertz CT molecular complexity index is 865. The minimum Gasteiger partial charge on any atom is -0.744 e. The SMILES string of the molecule is CC(C)(S)[C@@H](N)C(=O)O.O=S(=O)([O-])c1cc(O)c(O)c(S(=O)(=O)[O-])c1.[Na+].[Na+]. The third kappa shape index (κ3) is 10.7. The maximum absolute atomic E-state index is 10.6. The van der Waals surface area contributed by atoms with Crippen molar-refractivity contribution in [3.05, 3.63) is 12.1 Å². The molecule has 0 bridgehead atoms. The number of carboxylic acid groups (broad SMARTS) is 1. The van der Waals surface area contributed by atoms with Crippen molar-refractivity contribution in [1.29, 1.82) is 0 Å². The first-order valence-corrected chi connectivity index (χ1v) is 9.34. The molecule has 0 aromatic heterocycles. The molecule has 0 aliphatic heterocycles. The van der Waals surface area contributed by atoms with Crippen LogP contribution in [-0.4, -0.2) is 58.0 Å². The fraction of sp³-hybridized carbons (Fsp3) is 0.364. The van der Waals surface area contributed by atoms with E-state index in [1.165, 1.54) is 0 Å². The Morgan fingerprint density at radius 1 is 1.11 bits per heavy atom. The van der Waals surface area contributed by atoms with Crippen LogP contribution in [0.3, 0.4) is 0 Å². The molecule has 1 aromatic carbocycles. The molecule has 0 aliphatic rings. The Morgan fingerprint density at radius 2 is 1.52 bits per heavy atom. The van der Waals surface area contributed by atoms with Crippen molar-refractivity contribution in [2.75, 3.05) is 0 Å². The Kier molecular flexibility index (Phi) is 13.7. The molecule has 5 N–H and O–H groups in total. The van der Waals surface area contributed by atoms with E-state index >= 15 is 0 Å². The van der Waals surface area contributed by atoms with E-state index in [-0.39, 0.29) is 65.2 Å². The van der Waals surface area contributed by atoms with Crippen LogP contribution < -0.4 is 64.8 Å². The van der Waals surface area contributed by atoms with Crippen LogP contribution in [0.25, 0.3) is 0 Å². The topological polar surface area (TPSA) is 218 Å². The molecular formula is C11H15NNa2O10S3. The third-order valence-corrected chi connectivity index (χ3v) is 4.55. The summed E-state index contributed by atoms with van der Waals surface area (Å²) in [4.78, 5) is 7.67. The van der Waals surface area contributed by atoms with Crippen molar-refractivity contribution in [3.63, 3.8) is 0 Å². The third-order valence-electron chi connectivity index (χ3n) is 2.61. The summed E-state index contributed by atoms with van der Waals surface area (Å²) in [5, 5.41) is 26.3. The van der Waals surface area contributed by atoms with Crippen LogP contribution in [0.2, 0.25) is 0 Å². The average molecular weight is 463 g/mol. The van der Waals surface area contributed by atoms with E-state index in [1.54, 1.807) is 13.8 Å².